The first-order valence-electron chi connectivity index (χ1n) is 4.65. The molecule has 2 rings (SSSR count). The van der Waals surface area contributed by atoms with Gasteiger partial charge < -0.3 is 15.1 Å². The van der Waals surface area contributed by atoms with Gasteiger partial charge in [-0.25, -0.2) is 4.98 Å². The van der Waals surface area contributed by atoms with Gasteiger partial charge in [-0.2, -0.15) is 0 Å². The Morgan fingerprint density at radius 1 is 1.54 bits per heavy atom. The smallest absolute Gasteiger partial charge is 0.292 e. The van der Waals surface area contributed by atoms with Gasteiger partial charge in [0.1, 0.15) is 5.76 Å². The summed E-state index contributed by atoms with van der Waals surface area (Å²) < 4.78 is 5.31. The summed E-state index contributed by atoms with van der Waals surface area (Å²) in [5.41, 5.74) is 5.42. The minimum atomic E-state index is 0.286. The Bertz CT molecular complexity index is 276. The molecule has 1 aliphatic heterocycles. The second-order valence-corrected chi connectivity index (χ2v) is 3.68. The van der Waals surface area contributed by atoms with Crippen LogP contribution in [0.1, 0.15) is 24.5 Å². The fourth-order valence-electron chi connectivity index (χ4n) is 1.78. The number of hydrogen-bond acceptors (Lipinski definition) is 4. The van der Waals surface area contributed by atoms with E-state index in [9.17, 15) is 0 Å². The van der Waals surface area contributed by atoms with Crippen LogP contribution in [-0.2, 0) is 0 Å². The van der Waals surface area contributed by atoms with Crippen molar-refractivity contribution >= 4 is 6.01 Å². The Labute approximate surface area is 77.7 Å². The first-order valence-corrected chi connectivity index (χ1v) is 4.65. The monoisotopic (exact) mass is 181 g/mol. The van der Waals surface area contributed by atoms with Gasteiger partial charge in [0, 0.05) is 5.92 Å². The number of nitrogens with zero attached hydrogens (tertiary/aromatic N) is 2. The van der Waals surface area contributed by atoms with Crippen molar-refractivity contribution in [3.63, 3.8) is 0 Å². The summed E-state index contributed by atoms with van der Waals surface area (Å²) in [5.74, 6) is 1.46. The number of likely N-dealkylation sites (tertiary alicyclic amines) is 1. The second kappa shape index (κ2) is 3.38. The molecule has 0 bridgehead atoms. The highest BCUT2D eigenvalue weighted by Crippen LogP contribution is 2.28. The lowest BCUT2D eigenvalue weighted by Crippen LogP contribution is -2.29. The van der Waals surface area contributed by atoms with E-state index in [2.05, 4.69) is 16.9 Å². The summed E-state index contributed by atoms with van der Waals surface area (Å²) in [6, 6.07) is 0.286. The molecular formula is C9H15N3O. The Kier molecular flexibility index (Phi) is 2.22. The molecule has 1 aliphatic rings. The maximum absolute atomic E-state index is 5.42. The third kappa shape index (κ3) is 1.83. The van der Waals surface area contributed by atoms with E-state index in [0.29, 0.717) is 5.92 Å². The lowest BCUT2D eigenvalue weighted by Gasteiger charge is -2.27. The topological polar surface area (TPSA) is 55.3 Å². The number of nitrogen functional groups attached to an aromatic ring is 1. The summed E-state index contributed by atoms with van der Waals surface area (Å²) in [7, 11) is 2.14. The molecule has 1 aromatic heterocycles. The van der Waals surface area contributed by atoms with Crippen molar-refractivity contribution in [2.24, 2.45) is 0 Å². The van der Waals surface area contributed by atoms with Crippen LogP contribution in [-0.4, -0.2) is 30.0 Å². The average molecular weight is 181 g/mol. The van der Waals surface area contributed by atoms with Crippen LogP contribution in [0.3, 0.4) is 0 Å². The summed E-state index contributed by atoms with van der Waals surface area (Å²) in [6.07, 6.45) is 4.04. The minimum Gasteiger partial charge on any atom is -0.429 e. The van der Waals surface area contributed by atoms with Gasteiger partial charge in [-0.3, -0.25) is 0 Å². The fraction of sp³-hybridized carbons (Fsp3) is 0.667. The molecule has 0 aliphatic carbocycles. The van der Waals surface area contributed by atoms with Crippen molar-refractivity contribution in [3.05, 3.63) is 12.0 Å². The van der Waals surface area contributed by atoms with Crippen LogP contribution in [0.4, 0.5) is 6.01 Å². The van der Waals surface area contributed by atoms with Gasteiger partial charge in [0.05, 0.1) is 6.20 Å². The first-order chi connectivity index (χ1) is 6.25. The number of hydrogen-bond donors (Lipinski definition) is 1. The molecule has 13 heavy (non-hydrogen) atoms. The normalized spacial score (nSPS) is 20.7. The number of aromatic nitrogens is 1. The molecule has 1 aromatic rings. The molecule has 2 heterocycles. The van der Waals surface area contributed by atoms with E-state index < -0.39 is 0 Å². The van der Waals surface area contributed by atoms with Crippen LogP contribution < -0.4 is 5.73 Å². The molecular weight excluding hydrogens is 166 g/mol. The molecule has 0 aromatic carbocycles. The van der Waals surface area contributed by atoms with E-state index in [-0.39, 0.29) is 6.01 Å². The Morgan fingerprint density at radius 3 is 2.77 bits per heavy atom. The zero-order valence-corrected chi connectivity index (χ0v) is 7.86. The third-order valence-corrected chi connectivity index (χ3v) is 2.66. The highest BCUT2D eigenvalue weighted by molar-refractivity contribution is 5.14. The minimum absolute atomic E-state index is 0.286. The zero-order valence-electron chi connectivity index (χ0n) is 7.86. The fourth-order valence-corrected chi connectivity index (χ4v) is 1.78. The van der Waals surface area contributed by atoms with Crippen LogP contribution in [0.2, 0.25) is 0 Å². The molecule has 0 atom stereocenters. The largest absolute Gasteiger partial charge is 0.429 e. The molecule has 4 nitrogen and oxygen atoms in total. The lowest BCUT2D eigenvalue weighted by molar-refractivity contribution is 0.241. The number of rotatable bonds is 1. The van der Waals surface area contributed by atoms with E-state index in [4.69, 9.17) is 10.2 Å². The molecule has 4 heteroatoms. The number of anilines is 1. The van der Waals surface area contributed by atoms with Crippen LogP contribution in [0.15, 0.2) is 10.6 Å². The molecule has 72 valence electrons. The van der Waals surface area contributed by atoms with Crippen molar-refractivity contribution in [2.75, 3.05) is 25.9 Å². The Hall–Kier alpha value is -1.03. The van der Waals surface area contributed by atoms with Crippen molar-refractivity contribution in [1.82, 2.24) is 9.88 Å². The van der Waals surface area contributed by atoms with Gasteiger partial charge in [-0.15, -0.1) is 0 Å². The Balaban J connectivity index is 2.02. The predicted molar refractivity (Wildman–Crippen MR) is 50.4 cm³/mol. The molecule has 2 N–H and O–H groups in total. The summed E-state index contributed by atoms with van der Waals surface area (Å²) in [5, 5.41) is 0. The van der Waals surface area contributed by atoms with Gasteiger partial charge in [-0.05, 0) is 33.0 Å². The SMILES string of the molecule is CN1CCC(c2cnc(N)o2)CC1. The maximum Gasteiger partial charge on any atom is 0.292 e. The van der Waals surface area contributed by atoms with Gasteiger partial charge >= 0.3 is 0 Å². The molecule has 0 amide bonds. The van der Waals surface area contributed by atoms with Crippen LogP contribution in [0.25, 0.3) is 0 Å². The molecule has 1 saturated heterocycles. The first kappa shape index (κ1) is 8.56. The van der Waals surface area contributed by atoms with Gasteiger partial charge in [0.15, 0.2) is 0 Å². The zero-order chi connectivity index (χ0) is 9.26. The molecule has 0 saturated carbocycles. The van der Waals surface area contributed by atoms with Crippen LogP contribution >= 0.6 is 0 Å². The van der Waals surface area contributed by atoms with Crippen LogP contribution in [0.5, 0.6) is 0 Å². The molecule has 1 fully saturated rings. The van der Waals surface area contributed by atoms with Crippen LogP contribution in [0, 0.1) is 0 Å². The Morgan fingerprint density at radius 2 is 2.23 bits per heavy atom. The lowest BCUT2D eigenvalue weighted by atomic mass is 9.95. The van der Waals surface area contributed by atoms with Crippen molar-refractivity contribution in [1.29, 1.82) is 0 Å². The van der Waals surface area contributed by atoms with E-state index in [0.717, 1.165) is 31.7 Å². The highest BCUT2D eigenvalue weighted by Gasteiger charge is 2.21. The predicted octanol–water partition coefficient (Wildman–Crippen LogP) is 1.07. The number of piperidine rings is 1. The van der Waals surface area contributed by atoms with E-state index in [1.807, 2.05) is 0 Å². The molecule has 0 spiro atoms. The molecule has 0 unspecified atom stereocenters. The second-order valence-electron chi connectivity index (χ2n) is 3.68. The quantitative estimate of drug-likeness (QED) is 0.704. The van der Waals surface area contributed by atoms with Crippen molar-refractivity contribution in [3.8, 4) is 0 Å². The third-order valence-electron chi connectivity index (χ3n) is 2.66. The van der Waals surface area contributed by atoms with Gasteiger partial charge in [0.2, 0.25) is 0 Å². The van der Waals surface area contributed by atoms with E-state index >= 15 is 0 Å². The summed E-state index contributed by atoms with van der Waals surface area (Å²) in [4.78, 5) is 6.24. The standard InChI is InChI=1S/C9H15N3O/c1-12-4-2-7(3-5-12)8-6-11-9(10)13-8/h6-7H,2-5H2,1H3,(H2,10,11). The van der Waals surface area contributed by atoms with Gasteiger partial charge in [0.25, 0.3) is 6.01 Å². The average Bonchev–Trinajstić information content (AvgIpc) is 2.53. The van der Waals surface area contributed by atoms with E-state index in [1.54, 1.807) is 6.20 Å². The highest BCUT2D eigenvalue weighted by atomic mass is 16.4. The van der Waals surface area contributed by atoms with Crippen molar-refractivity contribution < 1.29 is 4.42 Å². The van der Waals surface area contributed by atoms with E-state index in [1.165, 1.54) is 0 Å². The maximum atomic E-state index is 5.42. The van der Waals surface area contributed by atoms with Gasteiger partial charge in [-0.1, -0.05) is 0 Å². The summed E-state index contributed by atoms with van der Waals surface area (Å²) in [6.45, 7) is 2.26. The van der Waals surface area contributed by atoms with Crippen molar-refractivity contribution in [2.45, 2.75) is 18.8 Å². The number of nitrogens with two attached hydrogens (primary N) is 1. The molecule has 0 radical (unpaired) electrons. The summed E-state index contributed by atoms with van der Waals surface area (Å²) >= 11 is 0. The number of oxazole rings is 1.